The van der Waals surface area contributed by atoms with Crippen molar-refractivity contribution in [2.75, 3.05) is 0 Å². The van der Waals surface area contributed by atoms with Crippen LogP contribution in [0.2, 0.25) is 0 Å². The molecule has 23 heavy (non-hydrogen) atoms. The van der Waals surface area contributed by atoms with Crippen molar-refractivity contribution in [3.05, 3.63) is 71.9 Å². The molecule has 0 aliphatic heterocycles. The van der Waals surface area contributed by atoms with Gasteiger partial charge in [0.15, 0.2) is 0 Å². The van der Waals surface area contributed by atoms with Gasteiger partial charge in [-0.2, -0.15) is 0 Å². The highest BCUT2D eigenvalue weighted by Gasteiger charge is 2.21. The molecule has 0 radical (unpaired) electrons. The number of hydrogen-bond donors (Lipinski definition) is 2. The third kappa shape index (κ3) is 3.45. The fourth-order valence-electron chi connectivity index (χ4n) is 3.04. The molecule has 1 atom stereocenters. The Hall–Kier alpha value is -2.55. The van der Waals surface area contributed by atoms with Crippen molar-refractivity contribution in [2.45, 2.75) is 32.2 Å². The van der Waals surface area contributed by atoms with Gasteiger partial charge < -0.3 is 10.3 Å². The molecule has 1 unspecified atom stereocenters. The van der Waals surface area contributed by atoms with E-state index < -0.39 is 0 Å². The van der Waals surface area contributed by atoms with Gasteiger partial charge in [-0.3, -0.25) is 4.79 Å². The summed E-state index contributed by atoms with van der Waals surface area (Å²) < 4.78 is 0. The minimum absolute atomic E-state index is 0.0473. The fraction of sp³-hybridized carbons (Fsp3) is 0.250. The number of para-hydroxylation sites is 1. The molecule has 0 spiro atoms. The molecule has 3 heteroatoms. The first-order valence-electron chi connectivity index (χ1n) is 8.05. The van der Waals surface area contributed by atoms with E-state index in [1.54, 1.807) is 0 Å². The molecule has 3 aromatic rings. The highest BCUT2D eigenvalue weighted by Crippen LogP contribution is 2.33. The summed E-state index contributed by atoms with van der Waals surface area (Å²) in [5, 5.41) is 4.18. The van der Waals surface area contributed by atoms with Crippen molar-refractivity contribution >= 4 is 16.8 Å². The van der Waals surface area contributed by atoms with Crippen LogP contribution < -0.4 is 5.32 Å². The number of aromatic nitrogens is 1. The van der Waals surface area contributed by atoms with Crippen LogP contribution in [0.15, 0.2) is 60.8 Å². The molecule has 3 nitrogen and oxygen atoms in total. The lowest BCUT2D eigenvalue weighted by molar-refractivity contribution is -0.121. The largest absolute Gasteiger partial charge is 0.361 e. The van der Waals surface area contributed by atoms with Crippen LogP contribution in [-0.2, 0) is 4.79 Å². The maximum atomic E-state index is 12.3. The lowest BCUT2D eigenvalue weighted by atomic mass is 9.88. The van der Waals surface area contributed by atoms with Crippen molar-refractivity contribution in [1.29, 1.82) is 0 Å². The Labute approximate surface area is 136 Å². The number of rotatable bonds is 5. The number of nitrogens with one attached hydrogen (secondary N) is 2. The molecule has 0 fully saturated rings. The van der Waals surface area contributed by atoms with Crippen LogP contribution in [0.1, 0.15) is 37.3 Å². The summed E-state index contributed by atoms with van der Waals surface area (Å²) in [6, 6.07) is 18.6. The van der Waals surface area contributed by atoms with Crippen molar-refractivity contribution in [1.82, 2.24) is 10.3 Å². The minimum Gasteiger partial charge on any atom is -0.361 e. The highest BCUT2D eigenvalue weighted by atomic mass is 16.1. The van der Waals surface area contributed by atoms with E-state index >= 15 is 0 Å². The van der Waals surface area contributed by atoms with Gasteiger partial charge in [0.25, 0.3) is 0 Å². The van der Waals surface area contributed by atoms with Crippen LogP contribution in [-0.4, -0.2) is 16.9 Å². The monoisotopic (exact) mass is 306 g/mol. The summed E-state index contributed by atoms with van der Waals surface area (Å²) in [5.41, 5.74) is 3.44. The van der Waals surface area contributed by atoms with E-state index in [1.165, 1.54) is 10.9 Å². The zero-order chi connectivity index (χ0) is 16.2. The first-order chi connectivity index (χ1) is 11.1. The average Bonchev–Trinajstić information content (AvgIpc) is 2.97. The van der Waals surface area contributed by atoms with Crippen molar-refractivity contribution in [2.24, 2.45) is 0 Å². The van der Waals surface area contributed by atoms with Crippen LogP contribution in [0, 0.1) is 0 Å². The summed E-state index contributed by atoms with van der Waals surface area (Å²) in [6.07, 6.45) is 2.48. The second kappa shape index (κ2) is 6.69. The molecule has 0 saturated heterocycles. The molecule has 3 rings (SSSR count). The molecule has 1 amide bonds. The summed E-state index contributed by atoms with van der Waals surface area (Å²) in [6.45, 7) is 3.97. The predicted octanol–water partition coefficient (Wildman–Crippen LogP) is 4.21. The lowest BCUT2D eigenvalue weighted by Gasteiger charge is -2.18. The first-order valence-corrected chi connectivity index (χ1v) is 8.05. The Morgan fingerprint density at radius 1 is 1.04 bits per heavy atom. The standard InChI is InChI=1S/C20H22N2O/c1-14(2)22-20(23)12-17(15-8-4-3-5-9-15)18-13-21-19-11-7-6-10-16(18)19/h3-11,13-14,17,21H,12H2,1-2H3,(H,22,23). The normalized spacial score (nSPS) is 12.5. The van der Waals surface area contributed by atoms with Gasteiger partial charge in [0.05, 0.1) is 0 Å². The van der Waals surface area contributed by atoms with Gasteiger partial charge in [0.1, 0.15) is 0 Å². The minimum atomic E-state index is 0.0473. The number of carbonyl (C=O) groups excluding carboxylic acids is 1. The van der Waals surface area contributed by atoms with Gasteiger partial charge in [-0.1, -0.05) is 48.5 Å². The maximum absolute atomic E-state index is 12.3. The number of H-pyrrole nitrogens is 1. The van der Waals surface area contributed by atoms with E-state index in [2.05, 4.69) is 34.6 Å². The van der Waals surface area contributed by atoms with E-state index in [0.717, 1.165) is 11.1 Å². The lowest BCUT2D eigenvalue weighted by Crippen LogP contribution is -2.31. The third-order valence-corrected chi connectivity index (χ3v) is 4.04. The zero-order valence-corrected chi connectivity index (χ0v) is 13.5. The molecule has 1 aromatic heterocycles. The number of amides is 1. The summed E-state index contributed by atoms with van der Waals surface area (Å²) in [5.74, 6) is 0.130. The SMILES string of the molecule is CC(C)NC(=O)CC(c1ccccc1)c1c[nH]c2ccccc12. The smallest absolute Gasteiger partial charge is 0.221 e. The molecular weight excluding hydrogens is 284 g/mol. The second-order valence-corrected chi connectivity index (χ2v) is 6.18. The van der Waals surface area contributed by atoms with E-state index in [1.807, 2.05) is 50.4 Å². The van der Waals surface area contributed by atoms with Crippen molar-refractivity contribution in [3.8, 4) is 0 Å². The van der Waals surface area contributed by atoms with E-state index in [-0.39, 0.29) is 17.9 Å². The Bertz CT molecular complexity index is 790. The van der Waals surface area contributed by atoms with Crippen molar-refractivity contribution in [3.63, 3.8) is 0 Å². The summed E-state index contributed by atoms with van der Waals surface area (Å²) in [4.78, 5) is 15.7. The Kier molecular flexibility index (Phi) is 4.47. The summed E-state index contributed by atoms with van der Waals surface area (Å²) >= 11 is 0. The van der Waals surface area contributed by atoms with Gasteiger partial charge in [-0.15, -0.1) is 0 Å². The van der Waals surface area contributed by atoms with Crippen LogP contribution in [0.3, 0.4) is 0 Å². The predicted molar refractivity (Wildman–Crippen MR) is 94.5 cm³/mol. The van der Waals surface area contributed by atoms with E-state index in [4.69, 9.17) is 0 Å². The van der Waals surface area contributed by atoms with Crippen LogP contribution in [0.4, 0.5) is 0 Å². The number of benzene rings is 2. The molecule has 118 valence electrons. The van der Waals surface area contributed by atoms with E-state index in [0.29, 0.717) is 6.42 Å². The first kappa shape index (κ1) is 15.3. The van der Waals surface area contributed by atoms with Crippen LogP contribution in [0.5, 0.6) is 0 Å². The zero-order valence-electron chi connectivity index (χ0n) is 13.5. The fourth-order valence-corrected chi connectivity index (χ4v) is 3.04. The molecule has 2 aromatic carbocycles. The molecule has 0 aliphatic rings. The van der Waals surface area contributed by atoms with Gasteiger partial charge in [0, 0.05) is 35.5 Å². The molecule has 0 bridgehead atoms. The van der Waals surface area contributed by atoms with Crippen LogP contribution >= 0.6 is 0 Å². The number of fused-ring (bicyclic) bond motifs is 1. The topological polar surface area (TPSA) is 44.9 Å². The number of aromatic amines is 1. The Morgan fingerprint density at radius 3 is 2.48 bits per heavy atom. The molecular formula is C20H22N2O. The second-order valence-electron chi connectivity index (χ2n) is 6.18. The van der Waals surface area contributed by atoms with Gasteiger partial charge in [-0.05, 0) is 31.0 Å². The molecule has 2 N–H and O–H groups in total. The highest BCUT2D eigenvalue weighted by molar-refractivity contribution is 5.86. The van der Waals surface area contributed by atoms with Gasteiger partial charge in [0.2, 0.25) is 5.91 Å². The third-order valence-electron chi connectivity index (χ3n) is 4.04. The maximum Gasteiger partial charge on any atom is 0.221 e. The molecule has 0 aliphatic carbocycles. The quantitative estimate of drug-likeness (QED) is 0.728. The summed E-state index contributed by atoms with van der Waals surface area (Å²) in [7, 11) is 0. The number of hydrogen-bond acceptors (Lipinski definition) is 1. The van der Waals surface area contributed by atoms with Gasteiger partial charge in [-0.25, -0.2) is 0 Å². The Balaban J connectivity index is 2.00. The molecule has 1 heterocycles. The number of carbonyl (C=O) groups is 1. The van der Waals surface area contributed by atoms with Crippen LogP contribution in [0.25, 0.3) is 10.9 Å². The van der Waals surface area contributed by atoms with E-state index in [9.17, 15) is 4.79 Å². The van der Waals surface area contributed by atoms with Gasteiger partial charge >= 0.3 is 0 Å². The molecule has 0 saturated carbocycles. The average molecular weight is 306 g/mol. The Morgan fingerprint density at radius 2 is 1.74 bits per heavy atom. The van der Waals surface area contributed by atoms with Crippen molar-refractivity contribution < 1.29 is 4.79 Å².